The summed E-state index contributed by atoms with van der Waals surface area (Å²) >= 11 is 12.0. The van der Waals surface area contributed by atoms with Crippen LogP contribution in [0.15, 0.2) is 67.1 Å². The van der Waals surface area contributed by atoms with E-state index in [0.717, 1.165) is 5.69 Å². The van der Waals surface area contributed by atoms with Crippen LogP contribution in [-0.4, -0.2) is 42.0 Å². The Morgan fingerprint density at radius 2 is 1.85 bits per heavy atom. The first-order valence-corrected chi connectivity index (χ1v) is 10.9. The highest BCUT2D eigenvalue weighted by atomic mass is 35.5. The molecule has 0 fully saturated rings. The van der Waals surface area contributed by atoms with Crippen LogP contribution in [-0.2, 0) is 4.79 Å². The lowest BCUT2D eigenvalue weighted by Crippen LogP contribution is -2.22. The Kier molecular flexibility index (Phi) is 5.87. The third-order valence-corrected chi connectivity index (χ3v) is 5.37. The molecule has 5 rings (SSSR count). The van der Waals surface area contributed by atoms with Gasteiger partial charge in [-0.25, -0.2) is 14.6 Å². The molecule has 0 spiro atoms. The van der Waals surface area contributed by atoms with Gasteiger partial charge in [0.2, 0.25) is 0 Å². The topological polar surface area (TPSA) is 99.7 Å². The summed E-state index contributed by atoms with van der Waals surface area (Å²) in [4.78, 5) is 21.4. The Morgan fingerprint density at radius 1 is 1.03 bits per heavy atom. The molecule has 0 saturated carbocycles. The number of aromatic nitrogens is 6. The number of carbonyl (C=O) groups excluding carboxylic acids is 1. The van der Waals surface area contributed by atoms with E-state index in [1.807, 2.05) is 19.1 Å². The molecule has 0 aliphatic heterocycles. The monoisotopic (exact) mass is 493 g/mol. The van der Waals surface area contributed by atoms with E-state index in [4.69, 9.17) is 27.9 Å². The molecule has 1 N–H and O–H groups in total. The fourth-order valence-corrected chi connectivity index (χ4v) is 3.72. The second kappa shape index (κ2) is 9.12. The molecule has 3 heterocycles. The van der Waals surface area contributed by atoms with Crippen molar-refractivity contribution in [1.29, 1.82) is 0 Å². The zero-order chi connectivity index (χ0) is 23.7. The number of ether oxygens (including phenoxy) is 1. The minimum absolute atomic E-state index is 0.183. The molecule has 2 aromatic carbocycles. The third kappa shape index (κ3) is 4.43. The number of anilines is 1. The number of hydrogen-bond donors (Lipinski definition) is 1. The summed E-state index contributed by atoms with van der Waals surface area (Å²) in [5.41, 5.74) is 2.03. The summed E-state index contributed by atoms with van der Waals surface area (Å²) in [6.07, 6.45) is 3.07. The van der Waals surface area contributed by atoms with Crippen LogP contribution < -0.4 is 10.1 Å². The molecule has 3 aromatic heterocycles. The predicted molar refractivity (Wildman–Crippen MR) is 129 cm³/mol. The van der Waals surface area contributed by atoms with Crippen LogP contribution in [0.1, 0.15) is 5.69 Å². The fourth-order valence-electron chi connectivity index (χ4n) is 3.41. The van der Waals surface area contributed by atoms with Crippen LogP contribution in [0.4, 0.5) is 5.82 Å². The van der Waals surface area contributed by atoms with E-state index in [0.29, 0.717) is 44.2 Å². The van der Waals surface area contributed by atoms with Gasteiger partial charge in [-0.05, 0) is 49.4 Å². The van der Waals surface area contributed by atoms with Gasteiger partial charge in [0.25, 0.3) is 5.91 Å². The molecule has 0 saturated heterocycles. The van der Waals surface area contributed by atoms with Crippen molar-refractivity contribution < 1.29 is 9.53 Å². The Hall–Kier alpha value is -3.95. The summed E-state index contributed by atoms with van der Waals surface area (Å²) in [6, 6.07) is 15.8. The molecule has 0 aliphatic rings. The van der Waals surface area contributed by atoms with Crippen LogP contribution in [0.25, 0.3) is 22.5 Å². The summed E-state index contributed by atoms with van der Waals surface area (Å²) < 4.78 is 8.74. The van der Waals surface area contributed by atoms with Crippen LogP contribution in [0, 0.1) is 6.92 Å². The normalized spacial score (nSPS) is 11.0. The average Bonchev–Trinajstić information content (AvgIpc) is 3.42. The van der Waals surface area contributed by atoms with Crippen molar-refractivity contribution in [3.63, 3.8) is 0 Å². The maximum absolute atomic E-state index is 12.6. The molecule has 5 aromatic rings. The zero-order valence-electron chi connectivity index (χ0n) is 17.8. The molecule has 1 amide bonds. The predicted octanol–water partition coefficient (Wildman–Crippen LogP) is 4.63. The lowest BCUT2D eigenvalue weighted by molar-refractivity contribution is -0.118. The second-order valence-electron chi connectivity index (χ2n) is 7.34. The maximum atomic E-state index is 12.6. The number of carbonyl (C=O) groups is 1. The van der Waals surface area contributed by atoms with Crippen LogP contribution in [0.2, 0.25) is 10.0 Å². The van der Waals surface area contributed by atoms with E-state index in [2.05, 4.69) is 25.5 Å². The molecule has 0 bridgehead atoms. The maximum Gasteiger partial charge on any atom is 0.263 e. The zero-order valence-corrected chi connectivity index (χ0v) is 19.3. The SMILES string of the molecule is Cc1cc(NC(=O)COc2ccc(Cl)cc2)n(-c2ncnc3c2cnn3-c2cccc(Cl)c2)n1. The number of nitrogens with one attached hydrogen (secondary N) is 1. The Balaban J connectivity index is 1.43. The molecule has 170 valence electrons. The van der Waals surface area contributed by atoms with Gasteiger partial charge in [0, 0.05) is 16.1 Å². The Morgan fingerprint density at radius 3 is 2.65 bits per heavy atom. The highest BCUT2D eigenvalue weighted by Gasteiger charge is 2.18. The molecule has 0 atom stereocenters. The van der Waals surface area contributed by atoms with E-state index >= 15 is 0 Å². The van der Waals surface area contributed by atoms with E-state index in [1.54, 1.807) is 58.0 Å². The summed E-state index contributed by atoms with van der Waals surface area (Å²) in [5, 5.41) is 13.6. The first-order valence-electron chi connectivity index (χ1n) is 10.2. The van der Waals surface area contributed by atoms with Crippen molar-refractivity contribution in [2.45, 2.75) is 6.92 Å². The minimum Gasteiger partial charge on any atom is -0.484 e. The molecule has 0 aliphatic carbocycles. The molecule has 0 radical (unpaired) electrons. The van der Waals surface area contributed by atoms with Gasteiger partial charge in [-0.15, -0.1) is 0 Å². The van der Waals surface area contributed by atoms with E-state index in [9.17, 15) is 4.79 Å². The molecular formula is C23H17Cl2N7O2. The van der Waals surface area contributed by atoms with Crippen molar-refractivity contribution in [3.8, 4) is 17.3 Å². The third-order valence-electron chi connectivity index (χ3n) is 4.88. The number of nitrogens with zero attached hydrogens (tertiary/aromatic N) is 6. The lowest BCUT2D eigenvalue weighted by Gasteiger charge is -2.10. The number of halogens is 2. The molecule has 34 heavy (non-hydrogen) atoms. The second-order valence-corrected chi connectivity index (χ2v) is 8.22. The van der Waals surface area contributed by atoms with Crippen molar-refractivity contribution in [2.75, 3.05) is 11.9 Å². The summed E-state index contributed by atoms with van der Waals surface area (Å²) in [7, 11) is 0. The molecular weight excluding hydrogens is 477 g/mol. The number of rotatable bonds is 6. The van der Waals surface area contributed by atoms with E-state index in [1.165, 1.54) is 6.33 Å². The van der Waals surface area contributed by atoms with Crippen LogP contribution in [0.3, 0.4) is 0 Å². The van der Waals surface area contributed by atoms with Crippen molar-refractivity contribution >= 4 is 46.0 Å². The lowest BCUT2D eigenvalue weighted by atomic mass is 10.3. The first kappa shape index (κ1) is 21.9. The van der Waals surface area contributed by atoms with E-state index < -0.39 is 0 Å². The first-order chi connectivity index (χ1) is 16.5. The van der Waals surface area contributed by atoms with Gasteiger partial charge >= 0.3 is 0 Å². The van der Waals surface area contributed by atoms with Crippen molar-refractivity contribution in [1.82, 2.24) is 29.5 Å². The van der Waals surface area contributed by atoms with Gasteiger partial charge in [0.05, 0.1) is 23.0 Å². The molecule has 9 nitrogen and oxygen atoms in total. The van der Waals surface area contributed by atoms with Gasteiger partial charge in [-0.1, -0.05) is 29.3 Å². The highest BCUT2D eigenvalue weighted by Crippen LogP contribution is 2.25. The Bertz CT molecular complexity index is 1500. The molecule has 0 unspecified atom stereocenters. The van der Waals surface area contributed by atoms with Crippen LogP contribution in [0.5, 0.6) is 5.75 Å². The minimum atomic E-state index is -0.351. The Labute approximate surface area is 203 Å². The summed E-state index contributed by atoms with van der Waals surface area (Å²) in [6.45, 7) is 1.64. The largest absolute Gasteiger partial charge is 0.484 e. The standard InChI is InChI=1S/C23H17Cl2N7O2/c1-14-9-20(29-21(33)12-34-18-7-5-15(24)6-8-18)32(30-14)23-19-11-28-31(22(19)26-13-27-23)17-4-2-3-16(25)10-17/h2-11,13H,12H2,1H3,(H,29,33). The quantitative estimate of drug-likeness (QED) is 0.370. The fraction of sp³-hybridized carbons (Fsp3) is 0.0870. The summed E-state index contributed by atoms with van der Waals surface area (Å²) in [5.74, 6) is 1.10. The smallest absolute Gasteiger partial charge is 0.263 e. The number of benzene rings is 2. The van der Waals surface area contributed by atoms with Gasteiger partial charge in [-0.2, -0.15) is 14.9 Å². The van der Waals surface area contributed by atoms with E-state index in [-0.39, 0.29) is 12.5 Å². The van der Waals surface area contributed by atoms with Gasteiger partial charge in [-0.3, -0.25) is 4.79 Å². The highest BCUT2D eigenvalue weighted by molar-refractivity contribution is 6.31. The van der Waals surface area contributed by atoms with Crippen molar-refractivity contribution in [2.24, 2.45) is 0 Å². The average molecular weight is 494 g/mol. The van der Waals surface area contributed by atoms with Crippen LogP contribution >= 0.6 is 23.2 Å². The van der Waals surface area contributed by atoms with Gasteiger partial charge in [0.15, 0.2) is 18.1 Å². The van der Waals surface area contributed by atoms with Crippen molar-refractivity contribution in [3.05, 3.63) is 82.9 Å². The van der Waals surface area contributed by atoms with Gasteiger partial charge in [0.1, 0.15) is 17.9 Å². The number of aryl methyl sites for hydroxylation is 1. The molecule has 11 heteroatoms. The van der Waals surface area contributed by atoms with Gasteiger partial charge < -0.3 is 10.1 Å². The number of amides is 1. The number of hydrogen-bond acceptors (Lipinski definition) is 6. The number of fused-ring (bicyclic) bond motifs is 1.